The number of carbonyl (C=O) groups excluding carboxylic acids is 3. The molecule has 1 aromatic carbocycles. The van der Waals surface area contributed by atoms with Crippen LogP contribution >= 0.6 is 0 Å². The van der Waals surface area contributed by atoms with E-state index in [0.29, 0.717) is 0 Å². The molecule has 1 aliphatic rings. The van der Waals surface area contributed by atoms with Gasteiger partial charge in [-0.3, -0.25) is 14.1 Å². The molecule has 0 spiro atoms. The third kappa shape index (κ3) is 5.02. The predicted molar refractivity (Wildman–Crippen MR) is 80.1 cm³/mol. The summed E-state index contributed by atoms with van der Waals surface area (Å²) in [6.45, 7) is 0. The van der Waals surface area contributed by atoms with Crippen LogP contribution in [0.15, 0.2) is 24.3 Å². The molecule has 1 unspecified atom stereocenters. The van der Waals surface area contributed by atoms with Crippen LogP contribution in [-0.4, -0.2) is 75.7 Å². The number of imide groups is 1. The molecule has 1 aliphatic heterocycles. The summed E-state index contributed by atoms with van der Waals surface area (Å²) in [4.78, 5) is 39.4. The van der Waals surface area contributed by atoms with Crippen molar-refractivity contribution >= 4 is 57.5 Å². The monoisotopic (exact) mass is 366 g/mol. The fourth-order valence-corrected chi connectivity index (χ4v) is 2.67. The Balaban J connectivity index is 0.00000288. The molecule has 0 aliphatic carbocycles. The van der Waals surface area contributed by atoms with Crippen molar-refractivity contribution in [3.63, 3.8) is 0 Å². The van der Waals surface area contributed by atoms with Gasteiger partial charge >= 0.3 is 5.97 Å². The normalized spacial score (nSPS) is 17.5. The van der Waals surface area contributed by atoms with Gasteiger partial charge in [0.1, 0.15) is 5.75 Å². The van der Waals surface area contributed by atoms with Crippen molar-refractivity contribution in [3.8, 4) is 5.75 Å². The van der Waals surface area contributed by atoms with E-state index in [9.17, 15) is 22.8 Å². The first-order valence-electron chi connectivity index (χ1n) is 6.50. The average molecular weight is 366 g/mol. The molecule has 0 aromatic heterocycles. The molecular weight excluding hydrogens is 353 g/mol. The van der Waals surface area contributed by atoms with Crippen LogP contribution in [0.3, 0.4) is 0 Å². The molecule has 1 saturated heterocycles. The Morgan fingerprint density at radius 1 is 1.25 bits per heavy atom. The van der Waals surface area contributed by atoms with E-state index in [1.54, 1.807) is 12.1 Å². The fourth-order valence-electron chi connectivity index (χ4n) is 1.97. The zero-order valence-electron chi connectivity index (χ0n) is 12.7. The van der Waals surface area contributed by atoms with Crippen LogP contribution in [-0.2, 0) is 35.8 Å². The van der Waals surface area contributed by atoms with Crippen molar-refractivity contribution < 1.29 is 37.3 Å². The van der Waals surface area contributed by atoms with Gasteiger partial charge in [0.15, 0.2) is 5.25 Å². The molecule has 1 fully saturated rings. The molecule has 11 heteroatoms. The van der Waals surface area contributed by atoms with E-state index in [1.165, 1.54) is 12.1 Å². The first-order chi connectivity index (χ1) is 10.7. The van der Waals surface area contributed by atoms with Crippen molar-refractivity contribution in [2.45, 2.75) is 24.5 Å². The predicted octanol–water partition coefficient (Wildman–Crippen LogP) is -0.583. The largest absolute Gasteiger partial charge is 0.508 e. The zero-order chi connectivity index (χ0) is 17.2. The van der Waals surface area contributed by atoms with E-state index in [0.717, 1.165) is 5.56 Å². The quantitative estimate of drug-likeness (QED) is 0.401. The summed E-state index contributed by atoms with van der Waals surface area (Å²) in [6.07, 6.45) is -0.710. The molecular formula is C13H13NNaO8S. The van der Waals surface area contributed by atoms with Gasteiger partial charge in [0, 0.05) is 29.6 Å². The van der Waals surface area contributed by atoms with Gasteiger partial charge in [-0.2, -0.15) is 8.42 Å². The summed E-state index contributed by atoms with van der Waals surface area (Å²) in [5, 5.41) is 7.25. The van der Waals surface area contributed by atoms with Gasteiger partial charge in [0.2, 0.25) is 0 Å². The number of phenolic OH excluding ortho intramolecular Hbond substituents is 1. The number of hydroxylamine groups is 2. The van der Waals surface area contributed by atoms with E-state index in [-0.39, 0.29) is 53.2 Å². The Morgan fingerprint density at radius 3 is 2.33 bits per heavy atom. The Hall–Kier alpha value is -1.46. The van der Waals surface area contributed by atoms with Crippen LogP contribution in [0.1, 0.15) is 18.4 Å². The Morgan fingerprint density at radius 2 is 1.83 bits per heavy atom. The van der Waals surface area contributed by atoms with E-state index in [1.807, 2.05) is 0 Å². The molecule has 2 N–H and O–H groups in total. The van der Waals surface area contributed by atoms with Crippen LogP contribution in [0.2, 0.25) is 0 Å². The van der Waals surface area contributed by atoms with Crippen LogP contribution in [0.25, 0.3) is 0 Å². The number of amides is 2. The second-order valence-electron chi connectivity index (χ2n) is 4.86. The SMILES string of the molecule is O=C(CCc1ccc(O)cc1)ON1C(=O)CC(S(=O)(=O)O)C1=O.[Na]. The number of nitrogens with zero attached hydrogens (tertiary/aromatic N) is 1. The summed E-state index contributed by atoms with van der Waals surface area (Å²) in [7, 11) is -4.74. The van der Waals surface area contributed by atoms with E-state index in [2.05, 4.69) is 4.84 Å². The van der Waals surface area contributed by atoms with Crippen molar-refractivity contribution in [2.24, 2.45) is 0 Å². The molecule has 2 rings (SSSR count). The number of benzene rings is 1. The number of phenols is 1. The minimum atomic E-state index is -4.74. The molecule has 1 heterocycles. The molecule has 9 nitrogen and oxygen atoms in total. The third-order valence-electron chi connectivity index (χ3n) is 3.17. The second kappa shape index (κ2) is 8.08. The van der Waals surface area contributed by atoms with Crippen LogP contribution < -0.4 is 0 Å². The van der Waals surface area contributed by atoms with Gasteiger partial charge in [-0.15, -0.1) is 5.06 Å². The van der Waals surface area contributed by atoms with E-state index in [4.69, 9.17) is 9.66 Å². The molecule has 0 bridgehead atoms. The van der Waals surface area contributed by atoms with Gasteiger partial charge in [-0.05, 0) is 24.1 Å². The van der Waals surface area contributed by atoms with Gasteiger partial charge < -0.3 is 9.94 Å². The summed E-state index contributed by atoms with van der Waals surface area (Å²) in [5.74, 6) is -3.15. The Kier molecular flexibility index (Phi) is 6.93. The smallest absolute Gasteiger partial charge is 0.333 e. The van der Waals surface area contributed by atoms with E-state index < -0.39 is 39.6 Å². The van der Waals surface area contributed by atoms with Crippen LogP contribution in [0.5, 0.6) is 5.75 Å². The Labute approximate surface area is 159 Å². The standard InChI is InChI=1S/C13H13NO8S.Na/c15-9-4-1-8(2-5-9)3-6-12(17)22-14-11(16)7-10(13(14)18)23(19,20)21;/h1-2,4-5,10,15H,3,6-7H2,(H,19,20,21);. The van der Waals surface area contributed by atoms with Crippen molar-refractivity contribution in [1.82, 2.24) is 5.06 Å². The third-order valence-corrected chi connectivity index (χ3v) is 4.26. The second-order valence-corrected chi connectivity index (χ2v) is 6.46. The van der Waals surface area contributed by atoms with E-state index >= 15 is 0 Å². The van der Waals surface area contributed by atoms with Crippen molar-refractivity contribution in [3.05, 3.63) is 29.8 Å². The summed E-state index contributed by atoms with van der Waals surface area (Å²) < 4.78 is 30.8. The number of hydrogen-bond donors (Lipinski definition) is 2. The minimum absolute atomic E-state index is 0. The molecule has 1 aromatic rings. The summed E-state index contributed by atoms with van der Waals surface area (Å²) >= 11 is 0. The maximum Gasteiger partial charge on any atom is 0.333 e. The van der Waals surface area contributed by atoms with Gasteiger partial charge in [-0.1, -0.05) is 12.1 Å². The molecule has 2 amide bonds. The molecule has 1 radical (unpaired) electrons. The number of rotatable bonds is 5. The molecule has 125 valence electrons. The van der Waals surface area contributed by atoms with Crippen LogP contribution in [0.4, 0.5) is 0 Å². The molecule has 24 heavy (non-hydrogen) atoms. The average Bonchev–Trinajstić information content (AvgIpc) is 2.75. The number of carbonyl (C=O) groups is 3. The first-order valence-corrected chi connectivity index (χ1v) is 8.00. The van der Waals surface area contributed by atoms with Crippen LogP contribution in [0, 0.1) is 0 Å². The number of aromatic hydroxyl groups is 1. The van der Waals surface area contributed by atoms with Crippen molar-refractivity contribution in [1.29, 1.82) is 0 Å². The number of aryl methyl sites for hydroxylation is 1. The summed E-state index contributed by atoms with van der Waals surface area (Å²) in [6, 6.07) is 6.04. The van der Waals surface area contributed by atoms with Crippen molar-refractivity contribution in [2.75, 3.05) is 0 Å². The van der Waals surface area contributed by atoms with Gasteiger partial charge in [0.05, 0.1) is 12.8 Å². The molecule has 1 atom stereocenters. The maximum absolute atomic E-state index is 11.7. The number of hydrogen-bond acceptors (Lipinski definition) is 7. The first kappa shape index (κ1) is 20.6. The van der Waals surface area contributed by atoms with Gasteiger partial charge in [0.25, 0.3) is 21.9 Å². The molecule has 0 saturated carbocycles. The summed E-state index contributed by atoms with van der Waals surface area (Å²) in [5.41, 5.74) is 0.717. The topological polar surface area (TPSA) is 138 Å². The Bertz CT molecular complexity index is 746. The zero-order valence-corrected chi connectivity index (χ0v) is 15.5. The van der Waals surface area contributed by atoms with Gasteiger partial charge in [-0.25, -0.2) is 4.79 Å². The maximum atomic E-state index is 11.7. The fraction of sp³-hybridized carbons (Fsp3) is 0.308. The minimum Gasteiger partial charge on any atom is -0.508 e.